The molecule has 1 saturated heterocycles. The number of nitrogens with zero attached hydrogens (tertiary/aromatic N) is 2. The van der Waals surface area contributed by atoms with Crippen LogP contribution in [-0.2, 0) is 4.79 Å². The lowest BCUT2D eigenvalue weighted by molar-refractivity contribution is -0.384. The molecule has 21 heavy (non-hydrogen) atoms. The van der Waals surface area contributed by atoms with Crippen molar-refractivity contribution >= 4 is 11.7 Å². The number of non-ortho nitro benzene ring substituents is 1. The van der Waals surface area contributed by atoms with Gasteiger partial charge in [0.2, 0.25) is 0 Å². The van der Waals surface area contributed by atoms with E-state index in [0.717, 1.165) is 32.2 Å². The Morgan fingerprint density at radius 3 is 2.90 bits per heavy atom. The van der Waals surface area contributed by atoms with Gasteiger partial charge in [-0.3, -0.25) is 19.8 Å². The molecule has 0 aromatic heterocycles. The summed E-state index contributed by atoms with van der Waals surface area (Å²) in [4.78, 5) is 24.1. The van der Waals surface area contributed by atoms with E-state index in [-0.39, 0.29) is 11.7 Å². The van der Waals surface area contributed by atoms with Gasteiger partial charge in [-0.2, -0.15) is 0 Å². The Morgan fingerprint density at radius 2 is 2.29 bits per heavy atom. The SMILES string of the molecule is CCC1CCCCN1C(C(=O)O)c1cccc([N+](=O)[O-])c1. The number of piperidine rings is 1. The minimum Gasteiger partial charge on any atom is -0.480 e. The Balaban J connectivity index is 2.36. The maximum Gasteiger partial charge on any atom is 0.325 e. The highest BCUT2D eigenvalue weighted by Gasteiger charge is 2.34. The molecule has 1 heterocycles. The summed E-state index contributed by atoms with van der Waals surface area (Å²) in [6, 6.07) is 5.38. The van der Waals surface area contributed by atoms with E-state index < -0.39 is 16.9 Å². The molecule has 6 heteroatoms. The number of benzene rings is 1. The first-order valence-electron chi connectivity index (χ1n) is 7.27. The molecule has 0 spiro atoms. The van der Waals surface area contributed by atoms with Crippen LogP contribution in [0.15, 0.2) is 24.3 Å². The van der Waals surface area contributed by atoms with Gasteiger partial charge in [0.25, 0.3) is 5.69 Å². The van der Waals surface area contributed by atoms with Crippen molar-refractivity contribution in [1.29, 1.82) is 0 Å². The fourth-order valence-electron chi connectivity index (χ4n) is 3.09. The van der Waals surface area contributed by atoms with Crippen LogP contribution in [0.1, 0.15) is 44.2 Å². The first-order valence-corrected chi connectivity index (χ1v) is 7.27. The predicted molar refractivity (Wildman–Crippen MR) is 78.1 cm³/mol. The van der Waals surface area contributed by atoms with Gasteiger partial charge in [0.15, 0.2) is 0 Å². The zero-order valence-corrected chi connectivity index (χ0v) is 12.1. The van der Waals surface area contributed by atoms with Gasteiger partial charge in [-0.15, -0.1) is 0 Å². The third-order valence-electron chi connectivity index (χ3n) is 4.11. The van der Waals surface area contributed by atoms with Crippen LogP contribution in [0, 0.1) is 10.1 Å². The van der Waals surface area contributed by atoms with Crippen LogP contribution in [0.2, 0.25) is 0 Å². The molecule has 2 atom stereocenters. The number of carboxylic acid groups (broad SMARTS) is 1. The third kappa shape index (κ3) is 3.39. The average Bonchev–Trinajstić information content (AvgIpc) is 2.48. The molecule has 1 aliphatic heterocycles. The first-order chi connectivity index (χ1) is 10.0. The van der Waals surface area contributed by atoms with Gasteiger partial charge in [-0.05, 0) is 31.4 Å². The maximum atomic E-state index is 11.7. The van der Waals surface area contributed by atoms with Crippen molar-refractivity contribution in [2.45, 2.75) is 44.7 Å². The topological polar surface area (TPSA) is 83.7 Å². The van der Waals surface area contributed by atoms with Crippen LogP contribution in [0.4, 0.5) is 5.69 Å². The summed E-state index contributed by atoms with van der Waals surface area (Å²) in [6.45, 7) is 2.77. The van der Waals surface area contributed by atoms with E-state index in [1.807, 2.05) is 4.90 Å². The number of likely N-dealkylation sites (tertiary alicyclic amines) is 1. The number of hydrogen-bond donors (Lipinski definition) is 1. The van der Waals surface area contributed by atoms with E-state index in [1.54, 1.807) is 12.1 Å². The normalized spacial score (nSPS) is 20.9. The fraction of sp³-hybridized carbons (Fsp3) is 0.533. The smallest absolute Gasteiger partial charge is 0.325 e. The van der Waals surface area contributed by atoms with E-state index >= 15 is 0 Å². The number of carbonyl (C=O) groups is 1. The van der Waals surface area contributed by atoms with Gasteiger partial charge in [-0.1, -0.05) is 25.5 Å². The molecule has 1 fully saturated rings. The van der Waals surface area contributed by atoms with Crippen LogP contribution in [0.25, 0.3) is 0 Å². The second-order valence-electron chi connectivity index (χ2n) is 5.39. The second kappa shape index (κ2) is 6.67. The molecule has 2 unspecified atom stereocenters. The number of nitro groups is 1. The van der Waals surface area contributed by atoms with Crippen LogP contribution in [0.5, 0.6) is 0 Å². The van der Waals surface area contributed by atoms with E-state index in [0.29, 0.717) is 5.56 Å². The van der Waals surface area contributed by atoms with Gasteiger partial charge < -0.3 is 5.11 Å². The summed E-state index contributed by atoms with van der Waals surface area (Å²) < 4.78 is 0. The lowest BCUT2D eigenvalue weighted by atomic mass is 9.94. The lowest BCUT2D eigenvalue weighted by Gasteiger charge is -2.39. The molecule has 1 aliphatic rings. The molecular weight excluding hydrogens is 272 g/mol. The second-order valence-corrected chi connectivity index (χ2v) is 5.39. The monoisotopic (exact) mass is 292 g/mol. The summed E-state index contributed by atoms with van der Waals surface area (Å²) in [5, 5.41) is 20.5. The Hall–Kier alpha value is -1.95. The van der Waals surface area contributed by atoms with Gasteiger partial charge in [0.1, 0.15) is 6.04 Å². The molecular formula is C15H20N2O4. The first kappa shape index (κ1) is 15.4. The molecule has 0 bridgehead atoms. The molecule has 0 radical (unpaired) electrons. The minimum absolute atomic E-state index is 0.0659. The zero-order valence-electron chi connectivity index (χ0n) is 12.1. The third-order valence-corrected chi connectivity index (χ3v) is 4.11. The highest BCUT2D eigenvalue weighted by atomic mass is 16.6. The molecule has 0 amide bonds. The zero-order chi connectivity index (χ0) is 15.4. The number of carboxylic acids is 1. The summed E-state index contributed by atoms with van der Waals surface area (Å²) in [5.41, 5.74) is 0.417. The molecule has 2 rings (SSSR count). The highest BCUT2D eigenvalue weighted by molar-refractivity contribution is 5.76. The predicted octanol–water partition coefficient (Wildman–Crippen LogP) is 2.99. The van der Waals surface area contributed by atoms with Crippen molar-refractivity contribution < 1.29 is 14.8 Å². The summed E-state index contributed by atoms with van der Waals surface area (Å²) in [6.07, 6.45) is 3.94. The standard InChI is InChI=1S/C15H20N2O4/c1-2-12-7-3-4-9-16(12)14(15(18)19)11-6-5-8-13(10-11)17(20)21/h5-6,8,10,12,14H,2-4,7,9H2,1H3,(H,18,19). The van der Waals surface area contributed by atoms with Crippen LogP contribution < -0.4 is 0 Å². The summed E-state index contributed by atoms with van der Waals surface area (Å²) in [5.74, 6) is -0.948. The van der Waals surface area contributed by atoms with Crippen molar-refractivity contribution in [3.8, 4) is 0 Å². The Morgan fingerprint density at radius 1 is 1.52 bits per heavy atom. The van der Waals surface area contributed by atoms with Gasteiger partial charge in [-0.25, -0.2) is 0 Å². The maximum absolute atomic E-state index is 11.7. The Kier molecular flexibility index (Phi) is 4.90. The minimum atomic E-state index is -0.948. The van der Waals surface area contributed by atoms with Crippen molar-refractivity contribution in [1.82, 2.24) is 4.90 Å². The quantitative estimate of drug-likeness (QED) is 0.666. The molecule has 1 N–H and O–H groups in total. The van der Waals surface area contributed by atoms with E-state index in [1.165, 1.54) is 12.1 Å². The van der Waals surface area contributed by atoms with E-state index in [9.17, 15) is 20.0 Å². The molecule has 1 aromatic rings. The van der Waals surface area contributed by atoms with Crippen LogP contribution >= 0.6 is 0 Å². The number of rotatable bonds is 5. The molecule has 6 nitrogen and oxygen atoms in total. The van der Waals surface area contributed by atoms with Crippen LogP contribution in [0.3, 0.4) is 0 Å². The Labute approximate surface area is 123 Å². The van der Waals surface area contributed by atoms with Crippen molar-refractivity contribution in [3.63, 3.8) is 0 Å². The molecule has 0 saturated carbocycles. The van der Waals surface area contributed by atoms with Crippen molar-refractivity contribution in [2.75, 3.05) is 6.54 Å². The summed E-state index contributed by atoms with van der Waals surface area (Å²) >= 11 is 0. The molecule has 1 aromatic carbocycles. The summed E-state index contributed by atoms with van der Waals surface area (Å²) in [7, 11) is 0. The number of aliphatic carboxylic acids is 1. The van der Waals surface area contributed by atoms with Gasteiger partial charge in [0.05, 0.1) is 4.92 Å². The van der Waals surface area contributed by atoms with Gasteiger partial charge >= 0.3 is 5.97 Å². The Bertz CT molecular complexity index is 532. The average molecular weight is 292 g/mol. The molecule has 114 valence electrons. The highest BCUT2D eigenvalue weighted by Crippen LogP contribution is 2.31. The van der Waals surface area contributed by atoms with E-state index in [2.05, 4.69) is 6.92 Å². The van der Waals surface area contributed by atoms with E-state index in [4.69, 9.17) is 0 Å². The van der Waals surface area contributed by atoms with Gasteiger partial charge in [0, 0.05) is 18.2 Å². The number of hydrogen-bond acceptors (Lipinski definition) is 4. The fourth-order valence-corrected chi connectivity index (χ4v) is 3.09. The lowest BCUT2D eigenvalue weighted by Crippen LogP contribution is -2.44. The number of nitro benzene ring substituents is 1. The largest absolute Gasteiger partial charge is 0.480 e. The van der Waals surface area contributed by atoms with Crippen LogP contribution in [-0.4, -0.2) is 33.5 Å². The van der Waals surface area contributed by atoms with Crippen molar-refractivity contribution in [3.05, 3.63) is 39.9 Å². The molecule has 0 aliphatic carbocycles. The van der Waals surface area contributed by atoms with Crippen molar-refractivity contribution in [2.24, 2.45) is 0 Å².